The average molecular weight is 1010 g/mol. The molecule has 71 heavy (non-hydrogen) atoms. The predicted molar refractivity (Wildman–Crippen MR) is 273 cm³/mol. The number of carbonyl (C=O) groups is 3. The third-order valence-electron chi connectivity index (χ3n) is 14.2. The molecule has 8 atom stereocenters. The molecule has 1 amide bonds. The number of aromatic amines is 1. The number of aldehydes is 1. The summed E-state index contributed by atoms with van der Waals surface area (Å²) < 4.78 is 24.2. The number of nitrogens with two attached hydrogens (primary N) is 1. The molecular formula is C53H62N4O12S2. The molecule has 5 aromatic rings. The van der Waals surface area contributed by atoms with Gasteiger partial charge in [-0.25, -0.2) is 4.79 Å². The van der Waals surface area contributed by atoms with E-state index in [4.69, 9.17) is 24.4 Å². The number of phenols is 1. The van der Waals surface area contributed by atoms with Crippen molar-refractivity contribution in [1.29, 1.82) is 0 Å². The lowest BCUT2D eigenvalue weighted by atomic mass is 9.73. The van der Waals surface area contributed by atoms with Crippen molar-refractivity contribution in [2.45, 2.75) is 100.0 Å². The minimum Gasteiger partial charge on any atom is -0.508 e. The van der Waals surface area contributed by atoms with Gasteiger partial charge < -0.3 is 60.4 Å². The van der Waals surface area contributed by atoms with Crippen LogP contribution >= 0.6 is 21.6 Å². The zero-order valence-electron chi connectivity index (χ0n) is 39.5. The largest absolute Gasteiger partial charge is 0.508 e. The summed E-state index contributed by atoms with van der Waals surface area (Å²) >= 11 is 0. The Bertz CT molecular complexity index is 2710. The zero-order chi connectivity index (χ0) is 50.1. The van der Waals surface area contributed by atoms with Gasteiger partial charge in [0, 0.05) is 36.8 Å². The van der Waals surface area contributed by atoms with Gasteiger partial charge in [-0.05, 0) is 116 Å². The number of carboxylic acid groups (broad SMARTS) is 1. The highest BCUT2D eigenvalue weighted by Gasteiger charge is 2.69. The second-order valence-corrected chi connectivity index (χ2v) is 21.2. The number of hydrogen-bond donors (Lipinski definition) is 8. The molecule has 18 heteroatoms. The Kier molecular flexibility index (Phi) is 17.1. The maximum absolute atomic E-state index is 13.9. The van der Waals surface area contributed by atoms with Crippen LogP contribution in [0.2, 0.25) is 0 Å². The van der Waals surface area contributed by atoms with E-state index in [1.165, 1.54) is 107 Å². The maximum atomic E-state index is 13.9. The number of nitrogens with one attached hydrogen (secondary N) is 3. The number of carboxylic acids is 1. The number of aliphatic hydroxyl groups excluding tert-OH is 1. The van der Waals surface area contributed by atoms with E-state index < -0.39 is 59.3 Å². The number of benzene rings is 3. The summed E-state index contributed by atoms with van der Waals surface area (Å²) in [6.45, 7) is 2.99. The van der Waals surface area contributed by atoms with Crippen LogP contribution in [0.4, 0.5) is 0 Å². The molecule has 2 aliphatic heterocycles. The first-order chi connectivity index (χ1) is 34.3. The number of rotatable bonds is 16. The minimum atomic E-state index is -2.61. The number of phenolic OH excluding ortho intramolecular Hbond substituents is 1. The fraction of sp³-hybridized carbons (Fsp3) is 0.434. The molecule has 9 N–H and O–H groups in total. The topological polar surface area (TPSA) is 256 Å². The number of allylic oxidation sites excluding steroid dienone is 1. The summed E-state index contributed by atoms with van der Waals surface area (Å²) in [5.41, 5.74) is 3.38. The number of aryl methyl sites for hydroxylation is 1. The lowest BCUT2D eigenvalue weighted by Crippen LogP contribution is -2.80. The van der Waals surface area contributed by atoms with Gasteiger partial charge in [-0.3, -0.25) is 14.4 Å². The van der Waals surface area contributed by atoms with Crippen LogP contribution in [-0.4, -0.2) is 111 Å². The van der Waals surface area contributed by atoms with E-state index in [1.807, 2.05) is 18.5 Å². The van der Waals surface area contributed by atoms with Crippen LogP contribution in [0.15, 0.2) is 100 Å². The number of aromatic hydroxyl groups is 1. The number of H-pyrrole nitrogens is 1. The summed E-state index contributed by atoms with van der Waals surface area (Å²) in [5.74, 6) is -2.97. The van der Waals surface area contributed by atoms with Crippen LogP contribution in [0.5, 0.6) is 11.5 Å². The first-order valence-electron chi connectivity index (χ1n) is 24.1. The highest BCUT2D eigenvalue weighted by atomic mass is 33.1. The van der Waals surface area contributed by atoms with E-state index in [-0.39, 0.29) is 63.6 Å². The van der Waals surface area contributed by atoms with Gasteiger partial charge in [0.05, 0.1) is 10.9 Å². The molecule has 0 radical (unpaired) electrons. The van der Waals surface area contributed by atoms with Crippen molar-refractivity contribution in [2.24, 2.45) is 17.6 Å². The van der Waals surface area contributed by atoms with Crippen molar-refractivity contribution < 1.29 is 53.4 Å². The van der Waals surface area contributed by atoms with Crippen molar-refractivity contribution in [2.75, 3.05) is 31.3 Å². The van der Waals surface area contributed by atoms with Gasteiger partial charge in [-0.1, -0.05) is 96.3 Å². The van der Waals surface area contributed by atoms with Crippen LogP contribution in [0.25, 0.3) is 28.2 Å². The van der Waals surface area contributed by atoms with Gasteiger partial charge in [0.25, 0.3) is 5.91 Å². The van der Waals surface area contributed by atoms with Crippen LogP contribution in [0.1, 0.15) is 85.0 Å². The molecule has 3 fully saturated rings. The molecule has 8 unspecified atom stereocenters. The van der Waals surface area contributed by atoms with Gasteiger partial charge in [-0.2, -0.15) is 0 Å². The minimum absolute atomic E-state index is 0.00670. The Morgan fingerprint density at radius 3 is 2.58 bits per heavy atom. The second-order valence-electron chi connectivity index (χ2n) is 18.7. The molecule has 1 saturated carbocycles. The molecule has 4 heterocycles. The van der Waals surface area contributed by atoms with Crippen molar-refractivity contribution in [1.82, 2.24) is 15.6 Å². The lowest BCUT2D eigenvalue weighted by Gasteiger charge is -2.53. The first kappa shape index (κ1) is 51.9. The van der Waals surface area contributed by atoms with Crippen LogP contribution in [-0.2, 0) is 25.5 Å². The van der Waals surface area contributed by atoms with E-state index in [9.17, 15) is 39.6 Å². The summed E-state index contributed by atoms with van der Waals surface area (Å²) in [7, 11) is 2.74. The monoisotopic (exact) mass is 1010 g/mol. The van der Waals surface area contributed by atoms with E-state index in [0.717, 1.165) is 24.9 Å². The van der Waals surface area contributed by atoms with Gasteiger partial charge >= 0.3 is 5.97 Å². The quantitative estimate of drug-likeness (QED) is 0.0289. The summed E-state index contributed by atoms with van der Waals surface area (Å²) in [4.78, 5) is 55.9. The van der Waals surface area contributed by atoms with Gasteiger partial charge in [0.2, 0.25) is 17.5 Å². The van der Waals surface area contributed by atoms with E-state index >= 15 is 0 Å². The number of fused-ring (bicyclic) bond motifs is 2. The second kappa shape index (κ2) is 23.4. The third-order valence-corrected chi connectivity index (χ3v) is 16.3. The van der Waals surface area contributed by atoms with Crippen molar-refractivity contribution in [3.63, 3.8) is 0 Å². The number of carbonyl (C=O) groups excluding carboxylic acids is 2. The number of β-amino-alcohol motifs (C(OH)–C–C–N with tert-alkyl or cyclic N) is 1. The van der Waals surface area contributed by atoms with E-state index in [0.29, 0.717) is 24.8 Å². The molecule has 378 valence electrons. The summed E-state index contributed by atoms with van der Waals surface area (Å²) in [5, 5.41) is 52.0. The third kappa shape index (κ3) is 11.4. The highest BCUT2D eigenvalue weighted by molar-refractivity contribution is 8.76. The van der Waals surface area contributed by atoms with Gasteiger partial charge in [0.15, 0.2) is 23.6 Å². The zero-order valence-corrected chi connectivity index (χ0v) is 41.1. The van der Waals surface area contributed by atoms with Crippen molar-refractivity contribution in [3.8, 4) is 22.6 Å². The Labute approximate surface area is 419 Å². The molecular weight excluding hydrogens is 949 g/mol. The summed E-state index contributed by atoms with van der Waals surface area (Å²) in [6.07, 6.45) is 11.4. The lowest BCUT2D eigenvalue weighted by molar-refractivity contribution is -0.340. The Balaban J connectivity index is 1.07. The highest BCUT2D eigenvalue weighted by Crippen LogP contribution is 2.45. The average Bonchev–Trinajstić information content (AvgIpc) is 3.91. The fourth-order valence-corrected chi connectivity index (χ4v) is 12.3. The number of aliphatic carboxylic acids is 1. The van der Waals surface area contributed by atoms with Crippen molar-refractivity contribution >= 4 is 56.8 Å². The van der Waals surface area contributed by atoms with E-state index in [1.54, 1.807) is 0 Å². The standard InChI is InChI=1S/C53H62N4O12S2/c1-32(9-7-12-33-10-5-6-11-34(33)13-8-23-57-37-14-3-2-4-15-37)41-27-56-29-52(65)51(69-47(50(63)64)48(61)53(52,30-58)66-31-71-70-28-42(41)36-22-24-55-26-36)67-39-20-21-40-43(25-39)68-46(49(54)62)44(45(40)60)35-16-18-38(59)19-17-35/h5-7,10-12,16-22,24-26,30,32,37,41-42,47-48,51,55-57,59,61,65H,2-4,8-9,13-15,23,27-29,31H2,1H3,(H2,54,62)(H,63,64). The molecule has 3 aliphatic rings. The van der Waals surface area contributed by atoms with Gasteiger partial charge in [0.1, 0.15) is 29.1 Å². The fourth-order valence-electron chi connectivity index (χ4n) is 10.3. The number of aliphatic hydroxyl groups is 2. The van der Waals surface area contributed by atoms with Crippen LogP contribution < -0.4 is 26.5 Å². The Hall–Kier alpha value is -5.44. The first-order valence-corrected chi connectivity index (χ1v) is 26.6. The maximum Gasteiger partial charge on any atom is 0.335 e. The Morgan fingerprint density at radius 2 is 1.85 bits per heavy atom. The molecule has 0 bridgehead atoms. The van der Waals surface area contributed by atoms with E-state index in [2.05, 4.69) is 59.0 Å². The number of amides is 1. The van der Waals surface area contributed by atoms with Gasteiger partial charge in [-0.15, -0.1) is 0 Å². The molecule has 3 aromatic carbocycles. The predicted octanol–water partition coefficient (Wildman–Crippen LogP) is 6.76. The molecule has 2 aromatic heterocycles. The SMILES string of the molecule is CC(CC=Cc1ccccc1CCCNC1CCCCC1)C1CNCC2(O)C(Oc3ccc4c(=O)c(-c5ccc(O)cc5)c(C(N)=O)oc4c3)OC(C(=O)O)C(O)C2(C=O)OCSSCC1c1cc[nH]c1. The molecule has 1 aliphatic carbocycles. The number of ether oxygens (including phenoxy) is 3. The normalized spacial score (nSPS) is 26.2. The molecule has 2 saturated heterocycles. The van der Waals surface area contributed by atoms with Crippen molar-refractivity contribution in [3.05, 3.63) is 124 Å². The number of hydrogen-bond acceptors (Lipinski definition) is 15. The van der Waals surface area contributed by atoms with Crippen LogP contribution in [0, 0.1) is 11.8 Å². The Morgan fingerprint density at radius 1 is 1.06 bits per heavy atom. The smallest absolute Gasteiger partial charge is 0.335 e. The summed E-state index contributed by atoms with van der Waals surface area (Å²) in [6, 6.07) is 20.6. The number of primary amides is 1. The molecule has 16 nitrogen and oxygen atoms in total. The molecule has 8 rings (SSSR count). The number of aromatic nitrogens is 1. The molecule has 0 spiro atoms. The van der Waals surface area contributed by atoms with Crippen LogP contribution in [0.3, 0.4) is 0 Å².